The Hall–Kier alpha value is -2.07. The molecule has 0 radical (unpaired) electrons. The maximum absolute atomic E-state index is 5.46. The Bertz CT molecular complexity index is 817. The van der Waals surface area contributed by atoms with Gasteiger partial charge >= 0.3 is 0 Å². The number of nitrogens with one attached hydrogen (secondary N) is 1. The predicted molar refractivity (Wildman–Crippen MR) is 84.0 cm³/mol. The van der Waals surface area contributed by atoms with Gasteiger partial charge in [0.15, 0.2) is 4.77 Å². The van der Waals surface area contributed by atoms with Gasteiger partial charge in [-0.2, -0.15) is 0 Å². The molecule has 3 nitrogen and oxygen atoms in total. The smallest absolute Gasteiger partial charge is 0.178 e. The first-order valence-corrected chi connectivity index (χ1v) is 6.91. The lowest BCUT2D eigenvalue weighted by Crippen LogP contribution is -2.02. The van der Waals surface area contributed by atoms with Crippen LogP contribution in [0.1, 0.15) is 11.1 Å². The highest BCUT2D eigenvalue weighted by Crippen LogP contribution is 2.23. The van der Waals surface area contributed by atoms with Crippen LogP contribution >= 0.6 is 12.2 Å². The van der Waals surface area contributed by atoms with Crippen LogP contribution in [-0.2, 0) is 6.54 Å². The number of hydrogen-bond donors (Lipinski definition) is 1. The van der Waals surface area contributed by atoms with E-state index in [0.717, 1.165) is 27.1 Å². The Kier molecular flexibility index (Phi) is 3.32. The highest BCUT2D eigenvalue weighted by atomic mass is 32.1. The quantitative estimate of drug-likeness (QED) is 0.735. The summed E-state index contributed by atoms with van der Waals surface area (Å²) in [5.74, 6) is 0.886. The van der Waals surface area contributed by atoms with Crippen molar-refractivity contribution in [1.29, 1.82) is 0 Å². The second kappa shape index (κ2) is 5.13. The third-order valence-electron chi connectivity index (χ3n) is 3.52. The van der Waals surface area contributed by atoms with Crippen LogP contribution in [0.3, 0.4) is 0 Å². The van der Waals surface area contributed by atoms with Crippen molar-refractivity contribution in [3.63, 3.8) is 0 Å². The molecule has 0 unspecified atom stereocenters. The predicted octanol–water partition coefficient (Wildman–Crippen LogP) is 4.06. The maximum atomic E-state index is 5.46. The molecule has 20 heavy (non-hydrogen) atoms. The van der Waals surface area contributed by atoms with E-state index in [2.05, 4.69) is 34.7 Å². The minimum atomic E-state index is 0.702. The van der Waals surface area contributed by atoms with Gasteiger partial charge in [0.2, 0.25) is 0 Å². The molecule has 0 aliphatic rings. The van der Waals surface area contributed by atoms with Gasteiger partial charge in [-0.15, -0.1) is 0 Å². The van der Waals surface area contributed by atoms with Crippen molar-refractivity contribution in [3.8, 4) is 5.75 Å². The number of nitrogens with zero attached hydrogens (tertiary/aromatic N) is 1. The van der Waals surface area contributed by atoms with Gasteiger partial charge in [0.1, 0.15) is 5.75 Å². The molecular weight excluding hydrogens is 268 g/mol. The molecule has 0 atom stereocenters. The van der Waals surface area contributed by atoms with Crippen molar-refractivity contribution in [2.45, 2.75) is 13.5 Å². The van der Waals surface area contributed by atoms with Crippen LogP contribution in [0.15, 0.2) is 42.5 Å². The van der Waals surface area contributed by atoms with Gasteiger partial charge in [-0.3, -0.25) is 0 Å². The monoisotopic (exact) mass is 284 g/mol. The van der Waals surface area contributed by atoms with Crippen molar-refractivity contribution in [2.75, 3.05) is 7.11 Å². The number of ether oxygens (including phenoxy) is 1. The summed E-state index contributed by atoms with van der Waals surface area (Å²) in [5.41, 5.74) is 4.56. The van der Waals surface area contributed by atoms with Crippen LogP contribution in [-0.4, -0.2) is 16.7 Å². The number of fused-ring (bicyclic) bond motifs is 1. The number of H-pyrrole nitrogens is 1. The second-order valence-corrected chi connectivity index (χ2v) is 5.19. The first kappa shape index (κ1) is 12.9. The standard InChI is InChI=1S/C16H16N2OS/c1-11-6-5-8-13-15(11)18(16(20)17-13)10-12-7-3-4-9-14(12)19-2/h3-9H,10H2,1-2H3,(H,17,20). The lowest BCUT2D eigenvalue weighted by atomic mass is 10.1. The number of imidazole rings is 1. The normalized spacial score (nSPS) is 10.9. The van der Waals surface area contributed by atoms with Gasteiger partial charge < -0.3 is 14.3 Å². The van der Waals surface area contributed by atoms with Crippen LogP contribution in [0.25, 0.3) is 11.0 Å². The van der Waals surface area contributed by atoms with E-state index in [1.165, 1.54) is 5.56 Å². The van der Waals surface area contributed by atoms with E-state index < -0.39 is 0 Å². The van der Waals surface area contributed by atoms with Gasteiger partial charge in [0.25, 0.3) is 0 Å². The summed E-state index contributed by atoms with van der Waals surface area (Å²) in [6.07, 6.45) is 0. The number of methoxy groups -OCH3 is 1. The lowest BCUT2D eigenvalue weighted by molar-refractivity contribution is 0.408. The van der Waals surface area contributed by atoms with E-state index in [-0.39, 0.29) is 0 Å². The molecule has 1 heterocycles. The van der Waals surface area contributed by atoms with Crippen molar-refractivity contribution in [2.24, 2.45) is 0 Å². The summed E-state index contributed by atoms with van der Waals surface area (Å²) in [6.45, 7) is 2.80. The Balaban J connectivity index is 2.16. The Morgan fingerprint density at radius 1 is 1.15 bits per heavy atom. The first-order valence-electron chi connectivity index (χ1n) is 6.50. The van der Waals surface area contributed by atoms with Crippen LogP contribution in [0.2, 0.25) is 0 Å². The van der Waals surface area contributed by atoms with Crippen molar-refractivity contribution in [3.05, 3.63) is 58.4 Å². The second-order valence-electron chi connectivity index (χ2n) is 4.80. The third kappa shape index (κ3) is 2.12. The highest BCUT2D eigenvalue weighted by Gasteiger charge is 2.09. The van der Waals surface area contributed by atoms with Crippen molar-refractivity contribution < 1.29 is 4.74 Å². The van der Waals surface area contributed by atoms with Crippen LogP contribution in [0, 0.1) is 11.7 Å². The molecule has 0 amide bonds. The number of rotatable bonds is 3. The maximum Gasteiger partial charge on any atom is 0.178 e. The molecule has 2 aromatic carbocycles. The fourth-order valence-electron chi connectivity index (χ4n) is 2.56. The van der Waals surface area contributed by atoms with Crippen molar-refractivity contribution >= 4 is 23.3 Å². The zero-order chi connectivity index (χ0) is 14.1. The average Bonchev–Trinajstić information content (AvgIpc) is 2.77. The fraction of sp³-hybridized carbons (Fsp3) is 0.188. The van der Waals surface area contributed by atoms with E-state index in [1.807, 2.05) is 24.3 Å². The number of aryl methyl sites for hydroxylation is 1. The number of aromatic amines is 1. The molecule has 0 saturated carbocycles. The van der Waals surface area contributed by atoms with E-state index in [4.69, 9.17) is 17.0 Å². The van der Waals surface area contributed by atoms with Crippen LogP contribution in [0.5, 0.6) is 5.75 Å². The minimum Gasteiger partial charge on any atom is -0.496 e. The van der Waals surface area contributed by atoms with Gasteiger partial charge in [-0.1, -0.05) is 30.3 Å². The summed E-state index contributed by atoms with van der Waals surface area (Å²) >= 11 is 5.46. The van der Waals surface area contributed by atoms with Gasteiger partial charge in [-0.25, -0.2) is 0 Å². The van der Waals surface area contributed by atoms with E-state index >= 15 is 0 Å². The fourth-order valence-corrected chi connectivity index (χ4v) is 2.82. The van der Waals surface area contributed by atoms with Gasteiger partial charge in [-0.05, 0) is 36.8 Å². The first-order chi connectivity index (χ1) is 9.70. The summed E-state index contributed by atoms with van der Waals surface area (Å²) in [5, 5.41) is 0. The van der Waals surface area contributed by atoms with Crippen molar-refractivity contribution in [1.82, 2.24) is 9.55 Å². The van der Waals surface area contributed by atoms with Gasteiger partial charge in [0.05, 0.1) is 24.7 Å². The molecule has 102 valence electrons. The Morgan fingerprint density at radius 3 is 2.75 bits per heavy atom. The molecule has 1 N–H and O–H groups in total. The zero-order valence-electron chi connectivity index (χ0n) is 11.5. The molecule has 0 spiro atoms. The molecule has 1 aromatic heterocycles. The summed E-state index contributed by atoms with van der Waals surface area (Å²) < 4.78 is 8.28. The van der Waals surface area contributed by atoms with Gasteiger partial charge in [0, 0.05) is 5.56 Å². The molecule has 0 fully saturated rings. The Labute approximate surface area is 122 Å². The number of benzene rings is 2. The number of hydrogen-bond acceptors (Lipinski definition) is 2. The SMILES string of the molecule is COc1ccccc1Cn1c(=S)[nH]c2cccc(C)c21. The molecular formula is C16H16N2OS. The summed E-state index contributed by atoms with van der Waals surface area (Å²) in [4.78, 5) is 3.26. The number of para-hydroxylation sites is 2. The van der Waals surface area contributed by atoms with E-state index in [1.54, 1.807) is 7.11 Å². The minimum absolute atomic E-state index is 0.702. The van der Waals surface area contributed by atoms with Crippen LogP contribution < -0.4 is 4.74 Å². The average molecular weight is 284 g/mol. The number of aromatic nitrogens is 2. The largest absolute Gasteiger partial charge is 0.496 e. The summed E-state index contributed by atoms with van der Waals surface area (Å²) in [7, 11) is 1.69. The van der Waals surface area contributed by atoms with E-state index in [9.17, 15) is 0 Å². The topological polar surface area (TPSA) is 29.9 Å². The lowest BCUT2D eigenvalue weighted by Gasteiger charge is -2.10. The summed E-state index contributed by atoms with van der Waals surface area (Å²) in [6, 6.07) is 14.2. The molecule has 0 aliphatic carbocycles. The molecule has 4 heteroatoms. The van der Waals surface area contributed by atoms with E-state index in [0.29, 0.717) is 6.54 Å². The highest BCUT2D eigenvalue weighted by molar-refractivity contribution is 7.71. The molecule has 3 rings (SSSR count). The molecule has 0 saturated heterocycles. The Morgan fingerprint density at radius 2 is 1.95 bits per heavy atom. The third-order valence-corrected chi connectivity index (χ3v) is 3.84. The molecule has 0 aliphatic heterocycles. The molecule has 3 aromatic rings. The van der Waals surface area contributed by atoms with Crippen LogP contribution in [0.4, 0.5) is 0 Å². The molecule has 0 bridgehead atoms. The zero-order valence-corrected chi connectivity index (χ0v) is 12.3.